The van der Waals surface area contributed by atoms with Crippen LogP contribution in [0.2, 0.25) is 0 Å². The van der Waals surface area contributed by atoms with E-state index < -0.39 is 0 Å². The highest BCUT2D eigenvalue weighted by Crippen LogP contribution is 2.11. The molecule has 1 amide bonds. The molecule has 0 aliphatic rings. The minimum Gasteiger partial charge on any atom is -0.465 e. The Balaban J connectivity index is 1.60. The third-order valence-corrected chi connectivity index (χ3v) is 2.81. The summed E-state index contributed by atoms with van der Waals surface area (Å²) in [7, 11) is 0. The van der Waals surface area contributed by atoms with Crippen molar-refractivity contribution in [3.05, 3.63) is 60.3 Å². The van der Waals surface area contributed by atoms with Crippen LogP contribution >= 0.6 is 0 Å². The average molecular weight is 280 g/mol. The maximum absolute atomic E-state index is 11.9. The van der Waals surface area contributed by atoms with E-state index in [0.717, 1.165) is 16.8 Å². The van der Waals surface area contributed by atoms with Crippen LogP contribution in [0.1, 0.15) is 16.1 Å². The van der Waals surface area contributed by atoms with Crippen molar-refractivity contribution < 1.29 is 9.21 Å². The molecule has 2 heterocycles. The first-order valence-electron chi connectivity index (χ1n) is 6.29. The number of benzene rings is 1. The number of carbonyl (C=O) groups excluding carboxylic acids is 1. The van der Waals surface area contributed by atoms with Gasteiger partial charge in [-0.2, -0.15) is 5.10 Å². The lowest BCUT2D eigenvalue weighted by Gasteiger charge is -1.98. The Kier molecular flexibility index (Phi) is 3.60. The van der Waals surface area contributed by atoms with Gasteiger partial charge in [-0.1, -0.05) is 0 Å². The molecule has 104 valence electrons. The smallest absolute Gasteiger partial charge is 0.271 e. The first kappa shape index (κ1) is 12.9. The lowest BCUT2D eigenvalue weighted by molar-refractivity contribution is 0.0955. The molecule has 6 heteroatoms. The highest BCUT2D eigenvalue weighted by molar-refractivity contribution is 5.97. The second-order valence-corrected chi connectivity index (χ2v) is 4.23. The summed E-state index contributed by atoms with van der Waals surface area (Å²) < 4.78 is 5.12. The third-order valence-electron chi connectivity index (χ3n) is 2.81. The summed E-state index contributed by atoms with van der Waals surface area (Å²) in [5.74, 6) is 0.437. The Bertz CT molecular complexity index is 800. The number of furan rings is 1. The van der Waals surface area contributed by atoms with Gasteiger partial charge in [0.05, 0.1) is 23.6 Å². The zero-order chi connectivity index (χ0) is 14.5. The Hall–Kier alpha value is -3.15. The fraction of sp³-hybridized carbons (Fsp3) is 0. The number of imidazole rings is 1. The molecule has 0 aliphatic heterocycles. The van der Waals surface area contributed by atoms with Gasteiger partial charge in [-0.15, -0.1) is 0 Å². The second kappa shape index (κ2) is 5.87. The van der Waals surface area contributed by atoms with Crippen LogP contribution in [0.5, 0.6) is 0 Å². The van der Waals surface area contributed by atoms with Gasteiger partial charge in [-0.3, -0.25) is 4.79 Å². The number of nitrogens with one attached hydrogen (secondary N) is 2. The SMILES string of the molecule is O=C(N/N=C/C=C/c1ccco1)c1ccc2nc[nH]c2c1. The lowest BCUT2D eigenvalue weighted by Crippen LogP contribution is -2.17. The Labute approximate surface area is 120 Å². The van der Waals surface area contributed by atoms with Crippen molar-refractivity contribution in [2.75, 3.05) is 0 Å². The Morgan fingerprint density at radius 1 is 1.38 bits per heavy atom. The molecule has 0 atom stereocenters. The van der Waals surface area contributed by atoms with Crippen LogP contribution in [0.3, 0.4) is 0 Å². The third kappa shape index (κ3) is 3.06. The van der Waals surface area contributed by atoms with E-state index >= 15 is 0 Å². The average Bonchev–Trinajstić information content (AvgIpc) is 3.17. The molecule has 6 nitrogen and oxygen atoms in total. The highest BCUT2D eigenvalue weighted by Gasteiger charge is 2.05. The molecule has 0 unspecified atom stereocenters. The van der Waals surface area contributed by atoms with Crippen LogP contribution in [0.4, 0.5) is 0 Å². The van der Waals surface area contributed by atoms with Gasteiger partial charge in [0.2, 0.25) is 0 Å². The summed E-state index contributed by atoms with van der Waals surface area (Å²) in [6.07, 6.45) is 8.08. The second-order valence-electron chi connectivity index (χ2n) is 4.23. The number of hydrogen-bond acceptors (Lipinski definition) is 4. The maximum Gasteiger partial charge on any atom is 0.271 e. The van der Waals surface area contributed by atoms with Crippen molar-refractivity contribution in [2.24, 2.45) is 5.10 Å². The molecule has 3 aromatic rings. The number of aromatic nitrogens is 2. The summed E-state index contributed by atoms with van der Waals surface area (Å²) in [6.45, 7) is 0. The van der Waals surface area contributed by atoms with Crippen molar-refractivity contribution in [3.63, 3.8) is 0 Å². The Morgan fingerprint density at radius 3 is 3.19 bits per heavy atom. The number of allylic oxidation sites excluding steroid dienone is 1. The van der Waals surface area contributed by atoms with Gasteiger partial charge in [0.15, 0.2) is 0 Å². The fourth-order valence-corrected chi connectivity index (χ4v) is 1.80. The molecule has 0 fully saturated rings. The molecule has 2 aromatic heterocycles. The zero-order valence-corrected chi connectivity index (χ0v) is 11.0. The van der Waals surface area contributed by atoms with Gasteiger partial charge in [0.1, 0.15) is 5.76 Å². The van der Waals surface area contributed by atoms with Gasteiger partial charge < -0.3 is 9.40 Å². The molecule has 0 aliphatic carbocycles. The number of hydrazone groups is 1. The molecular weight excluding hydrogens is 268 g/mol. The van der Waals surface area contributed by atoms with Crippen molar-refractivity contribution in [1.29, 1.82) is 0 Å². The number of amides is 1. The monoisotopic (exact) mass is 280 g/mol. The topological polar surface area (TPSA) is 83.3 Å². The molecule has 2 N–H and O–H groups in total. The zero-order valence-electron chi connectivity index (χ0n) is 11.0. The molecule has 0 radical (unpaired) electrons. The number of rotatable bonds is 4. The van der Waals surface area contributed by atoms with Crippen molar-refractivity contribution in [3.8, 4) is 0 Å². The van der Waals surface area contributed by atoms with E-state index in [1.54, 1.807) is 49.0 Å². The minimum absolute atomic E-state index is 0.283. The van der Waals surface area contributed by atoms with E-state index in [1.807, 2.05) is 6.07 Å². The van der Waals surface area contributed by atoms with Crippen LogP contribution in [0, 0.1) is 0 Å². The largest absolute Gasteiger partial charge is 0.465 e. The van der Waals surface area contributed by atoms with Crippen molar-refractivity contribution in [2.45, 2.75) is 0 Å². The number of nitrogens with zero attached hydrogens (tertiary/aromatic N) is 2. The van der Waals surface area contributed by atoms with Crippen LogP contribution in [-0.2, 0) is 0 Å². The van der Waals surface area contributed by atoms with Gasteiger partial charge in [0, 0.05) is 11.8 Å². The maximum atomic E-state index is 11.9. The lowest BCUT2D eigenvalue weighted by atomic mass is 10.2. The summed E-state index contributed by atoms with van der Waals surface area (Å²) in [6, 6.07) is 8.83. The first-order chi connectivity index (χ1) is 10.3. The molecule has 0 bridgehead atoms. The van der Waals surface area contributed by atoms with E-state index in [0.29, 0.717) is 5.56 Å². The van der Waals surface area contributed by atoms with Gasteiger partial charge in [-0.05, 0) is 42.5 Å². The van der Waals surface area contributed by atoms with E-state index in [-0.39, 0.29) is 5.91 Å². The van der Waals surface area contributed by atoms with Crippen LogP contribution in [0.15, 0.2) is 58.5 Å². The van der Waals surface area contributed by atoms with Crippen molar-refractivity contribution >= 4 is 29.2 Å². The van der Waals surface area contributed by atoms with Gasteiger partial charge in [0.25, 0.3) is 5.91 Å². The van der Waals surface area contributed by atoms with E-state index in [1.165, 1.54) is 6.21 Å². The number of fused-ring (bicyclic) bond motifs is 1. The predicted octanol–water partition coefficient (Wildman–Crippen LogP) is 2.58. The van der Waals surface area contributed by atoms with Crippen LogP contribution in [0.25, 0.3) is 17.1 Å². The number of aromatic amines is 1. The van der Waals surface area contributed by atoms with E-state index in [2.05, 4.69) is 20.5 Å². The summed E-state index contributed by atoms with van der Waals surface area (Å²) in [5.41, 5.74) is 4.59. The molecule has 1 aromatic carbocycles. The number of carbonyl (C=O) groups is 1. The Morgan fingerprint density at radius 2 is 2.33 bits per heavy atom. The molecule has 0 spiro atoms. The summed E-state index contributed by atoms with van der Waals surface area (Å²) in [4.78, 5) is 19.0. The molecule has 0 saturated heterocycles. The van der Waals surface area contributed by atoms with E-state index in [9.17, 15) is 4.79 Å². The fourth-order valence-electron chi connectivity index (χ4n) is 1.80. The van der Waals surface area contributed by atoms with Gasteiger partial charge >= 0.3 is 0 Å². The highest BCUT2D eigenvalue weighted by atomic mass is 16.3. The van der Waals surface area contributed by atoms with Crippen molar-refractivity contribution in [1.82, 2.24) is 15.4 Å². The summed E-state index contributed by atoms with van der Waals surface area (Å²) >= 11 is 0. The quantitative estimate of drug-likeness (QED) is 0.569. The first-order valence-corrected chi connectivity index (χ1v) is 6.29. The van der Waals surface area contributed by atoms with Crippen LogP contribution < -0.4 is 5.43 Å². The van der Waals surface area contributed by atoms with Crippen LogP contribution in [-0.4, -0.2) is 22.1 Å². The molecule has 3 rings (SSSR count). The predicted molar refractivity (Wildman–Crippen MR) is 79.8 cm³/mol. The van der Waals surface area contributed by atoms with E-state index in [4.69, 9.17) is 4.42 Å². The minimum atomic E-state index is -0.283. The molecular formula is C15H12N4O2. The molecule has 21 heavy (non-hydrogen) atoms. The summed E-state index contributed by atoms with van der Waals surface area (Å²) in [5, 5.41) is 3.84. The molecule has 0 saturated carbocycles. The number of H-pyrrole nitrogens is 1. The standard InChI is InChI=1S/C15H12N4O2/c20-15(11-5-6-13-14(9-11)17-10-16-13)19-18-7-1-3-12-4-2-8-21-12/h1-10H,(H,16,17)(H,19,20)/b3-1+,18-7+. The normalized spacial score (nSPS) is 11.6. The number of hydrogen-bond donors (Lipinski definition) is 2. The van der Waals surface area contributed by atoms with Gasteiger partial charge in [-0.25, -0.2) is 10.4 Å².